The minimum atomic E-state index is 0.267. The largest absolute Gasteiger partial charge is 0.476 e. The zero-order valence-corrected chi connectivity index (χ0v) is 11.4. The predicted molar refractivity (Wildman–Crippen MR) is 73.9 cm³/mol. The predicted octanol–water partition coefficient (Wildman–Crippen LogP) is 3.21. The van der Waals surface area contributed by atoms with Crippen molar-refractivity contribution in [1.82, 2.24) is 9.97 Å². The lowest BCUT2D eigenvalue weighted by molar-refractivity contribution is 0.325. The molecule has 0 bridgehead atoms. The Hall–Kier alpha value is -2.01. The summed E-state index contributed by atoms with van der Waals surface area (Å²) < 4.78 is 11.0. The van der Waals surface area contributed by atoms with Crippen LogP contribution in [0.2, 0.25) is 5.02 Å². The number of benzene rings is 1. The number of hydrogen-bond acceptors (Lipinski definition) is 5. The first kappa shape index (κ1) is 13.4. The van der Waals surface area contributed by atoms with Gasteiger partial charge in [-0.2, -0.15) is 9.97 Å². The number of halogens is 1. The molecule has 1 heterocycles. The van der Waals surface area contributed by atoms with Crippen LogP contribution in [0.15, 0.2) is 24.5 Å². The maximum absolute atomic E-state index is 5.90. The van der Waals surface area contributed by atoms with Crippen LogP contribution in [0.4, 0.5) is 5.69 Å². The fourth-order valence-electron chi connectivity index (χ4n) is 1.53. The Morgan fingerprint density at radius 2 is 2.00 bits per heavy atom. The molecule has 0 saturated carbocycles. The highest BCUT2D eigenvalue weighted by Crippen LogP contribution is 2.32. The molecule has 0 fully saturated rings. The van der Waals surface area contributed by atoms with Crippen molar-refractivity contribution < 1.29 is 9.47 Å². The second-order valence-corrected chi connectivity index (χ2v) is 4.28. The van der Waals surface area contributed by atoms with Gasteiger partial charge in [-0.1, -0.05) is 11.6 Å². The van der Waals surface area contributed by atoms with Crippen molar-refractivity contribution in [3.05, 3.63) is 35.1 Å². The van der Waals surface area contributed by atoms with Gasteiger partial charge in [0.05, 0.1) is 6.61 Å². The molecule has 100 valence electrons. The average Bonchev–Trinajstić information content (AvgIpc) is 2.37. The summed E-state index contributed by atoms with van der Waals surface area (Å²) in [6.07, 6.45) is 1.35. The van der Waals surface area contributed by atoms with Crippen molar-refractivity contribution in [2.75, 3.05) is 12.3 Å². The van der Waals surface area contributed by atoms with Crippen LogP contribution in [0.3, 0.4) is 0 Å². The van der Waals surface area contributed by atoms with Crippen LogP contribution in [0.5, 0.6) is 17.5 Å². The fraction of sp³-hybridized carbons (Fsp3) is 0.231. The molecule has 0 saturated heterocycles. The lowest BCUT2D eigenvalue weighted by Crippen LogP contribution is -2.03. The molecule has 2 aromatic rings. The maximum atomic E-state index is 5.90. The number of nitrogen functional groups attached to an aromatic ring is 1. The number of hydrogen-bond donors (Lipinski definition) is 1. The van der Waals surface area contributed by atoms with E-state index in [4.69, 9.17) is 26.8 Å². The molecule has 0 aliphatic carbocycles. The Kier molecular flexibility index (Phi) is 4.06. The molecule has 0 amide bonds. The van der Waals surface area contributed by atoms with Gasteiger partial charge in [-0.25, -0.2) is 0 Å². The Morgan fingerprint density at radius 3 is 2.68 bits per heavy atom. The highest BCUT2D eigenvalue weighted by Gasteiger charge is 2.12. The monoisotopic (exact) mass is 279 g/mol. The molecular weight excluding hydrogens is 266 g/mol. The third-order valence-corrected chi connectivity index (χ3v) is 2.67. The van der Waals surface area contributed by atoms with Gasteiger partial charge in [-0.05, 0) is 37.6 Å². The molecule has 0 atom stereocenters. The molecule has 5 nitrogen and oxygen atoms in total. The lowest BCUT2D eigenvalue weighted by Gasteiger charge is -2.11. The van der Waals surface area contributed by atoms with Gasteiger partial charge in [-0.3, -0.25) is 0 Å². The molecule has 0 radical (unpaired) electrons. The second kappa shape index (κ2) is 5.75. The third kappa shape index (κ3) is 3.06. The number of nitrogens with two attached hydrogens (primary N) is 1. The summed E-state index contributed by atoms with van der Waals surface area (Å²) in [6.45, 7) is 4.22. The number of nitrogens with zero attached hydrogens (tertiary/aromatic N) is 2. The van der Waals surface area contributed by atoms with Crippen LogP contribution in [-0.4, -0.2) is 16.6 Å². The van der Waals surface area contributed by atoms with Gasteiger partial charge >= 0.3 is 0 Å². The molecular formula is C13H14ClN3O2. The second-order valence-electron chi connectivity index (χ2n) is 3.84. The van der Waals surface area contributed by atoms with E-state index < -0.39 is 0 Å². The van der Waals surface area contributed by atoms with E-state index in [1.807, 2.05) is 13.8 Å². The average molecular weight is 280 g/mol. The molecule has 0 aliphatic heterocycles. The van der Waals surface area contributed by atoms with Gasteiger partial charge < -0.3 is 15.2 Å². The van der Waals surface area contributed by atoms with Gasteiger partial charge in [0.15, 0.2) is 5.69 Å². The summed E-state index contributed by atoms with van der Waals surface area (Å²) in [4.78, 5) is 7.96. The van der Waals surface area contributed by atoms with Crippen molar-refractivity contribution in [2.45, 2.75) is 13.8 Å². The van der Waals surface area contributed by atoms with Gasteiger partial charge in [-0.15, -0.1) is 0 Å². The van der Waals surface area contributed by atoms with Gasteiger partial charge in [0, 0.05) is 5.02 Å². The highest BCUT2D eigenvalue weighted by molar-refractivity contribution is 6.30. The molecule has 1 aromatic carbocycles. The lowest BCUT2D eigenvalue weighted by atomic mass is 10.2. The van der Waals surface area contributed by atoms with E-state index in [0.29, 0.717) is 23.3 Å². The Labute approximate surface area is 116 Å². The van der Waals surface area contributed by atoms with Crippen molar-refractivity contribution in [2.24, 2.45) is 0 Å². The normalized spacial score (nSPS) is 10.3. The van der Waals surface area contributed by atoms with E-state index in [0.717, 1.165) is 5.56 Å². The molecule has 2 N–H and O–H groups in total. The summed E-state index contributed by atoms with van der Waals surface area (Å²) >= 11 is 5.89. The third-order valence-electron chi connectivity index (χ3n) is 2.44. The molecule has 0 spiro atoms. The first-order valence-electron chi connectivity index (χ1n) is 5.79. The number of aryl methyl sites for hydroxylation is 1. The quantitative estimate of drug-likeness (QED) is 0.930. The summed E-state index contributed by atoms with van der Waals surface area (Å²) in [5.41, 5.74) is 7.06. The molecule has 19 heavy (non-hydrogen) atoms. The number of rotatable bonds is 4. The Bertz CT molecular complexity index is 590. The van der Waals surface area contributed by atoms with Crippen molar-refractivity contribution >= 4 is 17.3 Å². The van der Waals surface area contributed by atoms with Crippen LogP contribution < -0.4 is 15.2 Å². The van der Waals surface area contributed by atoms with E-state index in [1.54, 1.807) is 18.2 Å². The summed E-state index contributed by atoms with van der Waals surface area (Å²) in [5, 5.41) is 0.649. The minimum absolute atomic E-state index is 0.267. The van der Waals surface area contributed by atoms with E-state index in [1.165, 1.54) is 6.33 Å². The maximum Gasteiger partial charge on any atom is 0.249 e. The fourth-order valence-corrected chi connectivity index (χ4v) is 1.76. The first-order valence-corrected chi connectivity index (χ1v) is 6.17. The van der Waals surface area contributed by atoms with E-state index in [9.17, 15) is 0 Å². The Morgan fingerprint density at radius 1 is 1.26 bits per heavy atom. The first-order chi connectivity index (χ1) is 9.11. The van der Waals surface area contributed by atoms with Crippen molar-refractivity contribution in [3.63, 3.8) is 0 Å². The van der Waals surface area contributed by atoms with Crippen LogP contribution >= 0.6 is 11.6 Å². The Balaban J connectivity index is 2.30. The zero-order valence-electron chi connectivity index (χ0n) is 10.7. The summed E-state index contributed by atoms with van der Waals surface area (Å²) in [5.74, 6) is 1.22. The van der Waals surface area contributed by atoms with Crippen molar-refractivity contribution in [3.8, 4) is 17.5 Å². The number of anilines is 1. The van der Waals surface area contributed by atoms with Crippen LogP contribution in [0.25, 0.3) is 0 Å². The topological polar surface area (TPSA) is 70.3 Å². The standard InChI is InChI=1S/C13H14ClN3O2/c1-3-18-12-11(15)13(17-7-16-12)19-10-5-4-9(14)6-8(10)2/h4-7H,3,15H2,1-2H3. The molecule has 2 rings (SSSR count). The van der Waals surface area contributed by atoms with E-state index >= 15 is 0 Å². The summed E-state index contributed by atoms with van der Waals surface area (Å²) in [7, 11) is 0. The summed E-state index contributed by atoms with van der Waals surface area (Å²) in [6, 6.07) is 5.31. The van der Waals surface area contributed by atoms with Gasteiger partial charge in [0.2, 0.25) is 11.8 Å². The molecule has 0 aliphatic rings. The number of ether oxygens (including phenoxy) is 2. The van der Waals surface area contributed by atoms with Crippen LogP contribution in [-0.2, 0) is 0 Å². The molecule has 0 unspecified atom stereocenters. The highest BCUT2D eigenvalue weighted by atomic mass is 35.5. The smallest absolute Gasteiger partial charge is 0.249 e. The van der Waals surface area contributed by atoms with Crippen molar-refractivity contribution in [1.29, 1.82) is 0 Å². The number of aromatic nitrogens is 2. The van der Waals surface area contributed by atoms with Gasteiger partial charge in [0.25, 0.3) is 0 Å². The van der Waals surface area contributed by atoms with Crippen LogP contribution in [0.1, 0.15) is 12.5 Å². The molecule has 1 aromatic heterocycles. The van der Waals surface area contributed by atoms with Gasteiger partial charge in [0.1, 0.15) is 12.1 Å². The van der Waals surface area contributed by atoms with Crippen LogP contribution in [0, 0.1) is 6.92 Å². The minimum Gasteiger partial charge on any atom is -0.476 e. The molecule has 6 heteroatoms. The van der Waals surface area contributed by atoms with E-state index in [-0.39, 0.29) is 11.6 Å². The SMILES string of the molecule is CCOc1ncnc(Oc2ccc(Cl)cc2C)c1N. The van der Waals surface area contributed by atoms with E-state index in [2.05, 4.69) is 9.97 Å². The zero-order chi connectivity index (χ0) is 13.8.